The smallest absolute Gasteiger partial charge is 0.0708 e. The zero-order valence-corrected chi connectivity index (χ0v) is 9.59. The van der Waals surface area contributed by atoms with Crippen LogP contribution >= 0.6 is 11.3 Å². The third-order valence-electron chi connectivity index (χ3n) is 3.47. The van der Waals surface area contributed by atoms with Crippen LogP contribution < -0.4 is 0 Å². The molecule has 0 amide bonds. The number of terminal acetylenes is 1. The van der Waals surface area contributed by atoms with E-state index in [-0.39, 0.29) is 11.5 Å². The van der Waals surface area contributed by atoms with E-state index in [4.69, 9.17) is 6.42 Å². The molecule has 1 aromatic rings. The summed E-state index contributed by atoms with van der Waals surface area (Å²) in [5.74, 6) is 2.57. The molecule has 0 saturated heterocycles. The first-order chi connectivity index (χ1) is 7.27. The molecule has 1 aromatic heterocycles. The average molecular weight is 220 g/mol. The SMILES string of the molecule is C#CC[C@H](O)C1(Cc2cccs2)CCC1. The highest BCUT2D eigenvalue weighted by Crippen LogP contribution is 2.47. The van der Waals surface area contributed by atoms with Crippen LogP contribution in [0.4, 0.5) is 0 Å². The summed E-state index contributed by atoms with van der Waals surface area (Å²) in [6, 6.07) is 4.22. The van der Waals surface area contributed by atoms with Gasteiger partial charge in [0.05, 0.1) is 6.10 Å². The largest absolute Gasteiger partial charge is 0.392 e. The van der Waals surface area contributed by atoms with Gasteiger partial charge in [0.2, 0.25) is 0 Å². The second-order valence-electron chi connectivity index (χ2n) is 4.40. The van der Waals surface area contributed by atoms with E-state index in [0.717, 1.165) is 19.3 Å². The Labute approximate surface area is 95.1 Å². The third-order valence-corrected chi connectivity index (χ3v) is 4.35. The molecule has 1 atom stereocenters. The molecule has 1 fully saturated rings. The summed E-state index contributed by atoms with van der Waals surface area (Å²) < 4.78 is 0. The van der Waals surface area contributed by atoms with E-state index in [1.54, 1.807) is 11.3 Å². The zero-order valence-electron chi connectivity index (χ0n) is 8.78. The minimum Gasteiger partial charge on any atom is -0.392 e. The number of rotatable bonds is 4. The number of aliphatic hydroxyl groups excluding tert-OH is 1. The minimum absolute atomic E-state index is 0.0806. The first-order valence-electron chi connectivity index (χ1n) is 5.41. The first-order valence-corrected chi connectivity index (χ1v) is 6.29. The molecule has 0 aromatic carbocycles. The van der Waals surface area contributed by atoms with Crippen LogP contribution in [-0.4, -0.2) is 11.2 Å². The molecular weight excluding hydrogens is 204 g/mol. The lowest BCUT2D eigenvalue weighted by Gasteiger charge is -2.45. The normalized spacial score (nSPS) is 20.3. The Morgan fingerprint density at radius 2 is 2.40 bits per heavy atom. The monoisotopic (exact) mass is 220 g/mol. The topological polar surface area (TPSA) is 20.2 Å². The predicted octanol–water partition coefficient (Wildman–Crippen LogP) is 2.85. The number of aliphatic hydroxyl groups is 1. The van der Waals surface area contributed by atoms with Gasteiger partial charge in [0, 0.05) is 16.7 Å². The van der Waals surface area contributed by atoms with Crippen molar-refractivity contribution in [3.05, 3.63) is 22.4 Å². The van der Waals surface area contributed by atoms with Gasteiger partial charge in [-0.1, -0.05) is 12.5 Å². The van der Waals surface area contributed by atoms with Gasteiger partial charge in [0.1, 0.15) is 0 Å². The van der Waals surface area contributed by atoms with Gasteiger partial charge in [0.25, 0.3) is 0 Å². The lowest BCUT2D eigenvalue weighted by molar-refractivity contribution is -0.0305. The Hall–Kier alpha value is -0.780. The van der Waals surface area contributed by atoms with Crippen molar-refractivity contribution in [1.29, 1.82) is 0 Å². The summed E-state index contributed by atoms with van der Waals surface area (Å²) in [6.07, 6.45) is 9.90. The highest BCUT2D eigenvalue weighted by Gasteiger charge is 2.43. The molecule has 0 aliphatic heterocycles. The molecule has 0 bridgehead atoms. The van der Waals surface area contributed by atoms with Crippen molar-refractivity contribution in [2.75, 3.05) is 0 Å². The molecule has 1 N–H and O–H groups in total. The van der Waals surface area contributed by atoms with Crippen LogP contribution in [0.3, 0.4) is 0 Å². The maximum Gasteiger partial charge on any atom is 0.0708 e. The van der Waals surface area contributed by atoms with Crippen molar-refractivity contribution in [3.63, 3.8) is 0 Å². The van der Waals surface area contributed by atoms with Crippen molar-refractivity contribution in [2.24, 2.45) is 5.41 Å². The Kier molecular flexibility index (Phi) is 3.14. The van der Waals surface area contributed by atoms with Gasteiger partial charge in [-0.15, -0.1) is 23.7 Å². The van der Waals surface area contributed by atoms with E-state index in [2.05, 4.69) is 23.4 Å². The summed E-state index contributed by atoms with van der Waals surface area (Å²) in [5, 5.41) is 12.2. The molecule has 0 unspecified atom stereocenters. The average Bonchev–Trinajstić information content (AvgIpc) is 2.63. The molecule has 0 spiro atoms. The van der Waals surface area contributed by atoms with Crippen LogP contribution in [0.2, 0.25) is 0 Å². The molecule has 1 aliphatic rings. The third kappa shape index (κ3) is 2.09. The summed E-state index contributed by atoms with van der Waals surface area (Å²) in [5.41, 5.74) is 0.0806. The van der Waals surface area contributed by atoms with Gasteiger partial charge in [0.15, 0.2) is 0 Å². The van der Waals surface area contributed by atoms with Crippen LogP contribution in [0, 0.1) is 17.8 Å². The van der Waals surface area contributed by atoms with Gasteiger partial charge in [-0.2, -0.15) is 0 Å². The Morgan fingerprint density at radius 1 is 1.60 bits per heavy atom. The molecule has 15 heavy (non-hydrogen) atoms. The molecule has 2 rings (SSSR count). The Balaban J connectivity index is 2.06. The Morgan fingerprint density at radius 3 is 2.87 bits per heavy atom. The number of hydrogen-bond donors (Lipinski definition) is 1. The highest BCUT2D eigenvalue weighted by atomic mass is 32.1. The second-order valence-corrected chi connectivity index (χ2v) is 5.43. The van der Waals surface area contributed by atoms with E-state index in [9.17, 15) is 5.11 Å². The molecule has 1 saturated carbocycles. The molecular formula is C13H16OS. The summed E-state index contributed by atoms with van der Waals surface area (Å²) in [4.78, 5) is 1.37. The van der Waals surface area contributed by atoms with Crippen molar-refractivity contribution >= 4 is 11.3 Å². The lowest BCUT2D eigenvalue weighted by atomic mass is 9.62. The van der Waals surface area contributed by atoms with Crippen molar-refractivity contribution in [1.82, 2.24) is 0 Å². The quantitative estimate of drug-likeness (QED) is 0.774. The standard InChI is InChI=1S/C13H16OS/c1-2-5-12(14)13(7-4-8-13)10-11-6-3-9-15-11/h1,3,6,9,12,14H,4-5,7-8,10H2/t12-/m0/s1. The maximum atomic E-state index is 10.1. The van der Waals surface area contributed by atoms with Crippen molar-refractivity contribution < 1.29 is 5.11 Å². The van der Waals surface area contributed by atoms with E-state index >= 15 is 0 Å². The zero-order chi connectivity index (χ0) is 10.7. The fourth-order valence-electron chi connectivity index (χ4n) is 2.35. The van der Waals surface area contributed by atoms with Gasteiger partial charge in [-0.05, 0) is 30.7 Å². The summed E-state index contributed by atoms with van der Waals surface area (Å²) in [6.45, 7) is 0. The molecule has 1 aliphatic carbocycles. The maximum absolute atomic E-state index is 10.1. The van der Waals surface area contributed by atoms with E-state index in [1.807, 2.05) is 0 Å². The van der Waals surface area contributed by atoms with Crippen LogP contribution in [0.15, 0.2) is 17.5 Å². The van der Waals surface area contributed by atoms with E-state index < -0.39 is 0 Å². The van der Waals surface area contributed by atoms with E-state index in [1.165, 1.54) is 11.3 Å². The fraction of sp³-hybridized carbons (Fsp3) is 0.538. The summed E-state index contributed by atoms with van der Waals surface area (Å²) in [7, 11) is 0. The van der Waals surface area contributed by atoms with Gasteiger partial charge >= 0.3 is 0 Å². The minimum atomic E-state index is -0.321. The lowest BCUT2D eigenvalue weighted by Crippen LogP contribution is -2.42. The van der Waals surface area contributed by atoms with Crippen molar-refractivity contribution in [3.8, 4) is 12.3 Å². The van der Waals surface area contributed by atoms with Crippen LogP contribution in [0.5, 0.6) is 0 Å². The van der Waals surface area contributed by atoms with E-state index in [0.29, 0.717) is 6.42 Å². The highest BCUT2D eigenvalue weighted by molar-refractivity contribution is 7.09. The molecule has 1 nitrogen and oxygen atoms in total. The van der Waals surface area contributed by atoms with Crippen molar-refractivity contribution in [2.45, 2.75) is 38.2 Å². The first kappa shape index (κ1) is 10.7. The number of hydrogen-bond acceptors (Lipinski definition) is 2. The molecule has 1 heterocycles. The number of thiophene rings is 1. The predicted molar refractivity (Wildman–Crippen MR) is 63.8 cm³/mol. The van der Waals surface area contributed by atoms with Gasteiger partial charge in [-0.25, -0.2) is 0 Å². The van der Waals surface area contributed by atoms with Crippen LogP contribution in [0.25, 0.3) is 0 Å². The second kappa shape index (κ2) is 4.38. The Bertz CT molecular complexity index is 343. The van der Waals surface area contributed by atoms with Crippen LogP contribution in [0.1, 0.15) is 30.6 Å². The molecule has 80 valence electrons. The van der Waals surface area contributed by atoms with Crippen LogP contribution in [-0.2, 0) is 6.42 Å². The fourth-order valence-corrected chi connectivity index (χ4v) is 3.21. The molecule has 0 radical (unpaired) electrons. The summed E-state index contributed by atoms with van der Waals surface area (Å²) >= 11 is 1.77. The molecule has 2 heteroatoms. The van der Waals surface area contributed by atoms with Gasteiger partial charge < -0.3 is 5.11 Å². The van der Waals surface area contributed by atoms with Gasteiger partial charge in [-0.3, -0.25) is 0 Å².